The molecular formula is C21H19FN2O4S. The number of hydrogen-bond donors (Lipinski definition) is 1. The third-order valence-corrected chi connectivity index (χ3v) is 5.23. The standard InChI is InChI=1S/C21H19FN2O4S/c1-13(25)15-10-17(24(2)11-15)21(27)28-12-19(26)23-20(18-4-3-9-29-18)14-5-7-16(22)8-6-14/h3-11,20H,12H2,1-2H3,(H,23,26)/t20-/m0/s1. The smallest absolute Gasteiger partial charge is 0.355 e. The lowest BCUT2D eigenvalue weighted by Crippen LogP contribution is -2.33. The molecule has 1 aromatic carbocycles. The normalized spacial score (nSPS) is 11.7. The van der Waals surface area contributed by atoms with Crippen molar-refractivity contribution in [2.45, 2.75) is 13.0 Å². The van der Waals surface area contributed by atoms with Gasteiger partial charge in [0.2, 0.25) is 0 Å². The van der Waals surface area contributed by atoms with Crippen LogP contribution in [-0.2, 0) is 16.6 Å². The van der Waals surface area contributed by atoms with Crippen LogP contribution in [0.3, 0.4) is 0 Å². The summed E-state index contributed by atoms with van der Waals surface area (Å²) in [5.74, 6) is -1.74. The molecule has 3 rings (SSSR count). The molecule has 29 heavy (non-hydrogen) atoms. The van der Waals surface area contributed by atoms with Crippen molar-refractivity contribution in [2.24, 2.45) is 7.05 Å². The van der Waals surface area contributed by atoms with Crippen LogP contribution < -0.4 is 5.32 Å². The molecular weight excluding hydrogens is 395 g/mol. The van der Waals surface area contributed by atoms with Crippen molar-refractivity contribution < 1.29 is 23.5 Å². The fourth-order valence-electron chi connectivity index (χ4n) is 2.80. The Kier molecular flexibility index (Phi) is 6.23. The predicted molar refractivity (Wildman–Crippen MR) is 106 cm³/mol. The zero-order chi connectivity index (χ0) is 21.0. The Morgan fingerprint density at radius 1 is 1.21 bits per heavy atom. The number of thiophene rings is 1. The minimum Gasteiger partial charge on any atom is -0.451 e. The molecule has 1 amide bonds. The number of aryl methyl sites for hydroxylation is 1. The van der Waals surface area contributed by atoms with Crippen molar-refractivity contribution >= 4 is 29.0 Å². The second kappa shape index (κ2) is 8.83. The van der Waals surface area contributed by atoms with Crippen LogP contribution in [-0.4, -0.2) is 28.8 Å². The van der Waals surface area contributed by atoms with Crippen molar-refractivity contribution in [3.63, 3.8) is 0 Å². The minimum atomic E-state index is -0.704. The highest BCUT2D eigenvalue weighted by Crippen LogP contribution is 2.26. The van der Waals surface area contributed by atoms with Crippen LogP contribution in [0.2, 0.25) is 0 Å². The van der Waals surface area contributed by atoms with E-state index in [4.69, 9.17) is 4.74 Å². The summed E-state index contributed by atoms with van der Waals surface area (Å²) in [5, 5.41) is 4.69. The second-order valence-electron chi connectivity index (χ2n) is 6.42. The summed E-state index contributed by atoms with van der Waals surface area (Å²) in [6, 6.07) is 10.5. The van der Waals surface area contributed by atoms with Gasteiger partial charge in [0, 0.05) is 23.7 Å². The summed E-state index contributed by atoms with van der Waals surface area (Å²) in [6.07, 6.45) is 1.53. The Balaban J connectivity index is 1.67. The fraction of sp³-hybridized carbons (Fsp3) is 0.190. The van der Waals surface area contributed by atoms with Gasteiger partial charge >= 0.3 is 5.97 Å². The number of aromatic nitrogens is 1. The van der Waals surface area contributed by atoms with Crippen LogP contribution in [0.15, 0.2) is 54.0 Å². The number of ether oxygens (including phenoxy) is 1. The van der Waals surface area contributed by atoms with Gasteiger partial charge in [0.1, 0.15) is 11.5 Å². The van der Waals surface area contributed by atoms with E-state index in [1.807, 2.05) is 17.5 Å². The molecule has 3 aromatic rings. The predicted octanol–water partition coefficient (Wildman–Crippen LogP) is 3.49. The van der Waals surface area contributed by atoms with E-state index in [1.165, 1.54) is 47.2 Å². The van der Waals surface area contributed by atoms with Crippen molar-refractivity contribution in [2.75, 3.05) is 6.61 Å². The van der Waals surface area contributed by atoms with Crippen molar-refractivity contribution in [1.29, 1.82) is 0 Å². The molecule has 0 bridgehead atoms. The number of rotatable bonds is 7. The second-order valence-corrected chi connectivity index (χ2v) is 7.40. The largest absolute Gasteiger partial charge is 0.451 e. The number of amides is 1. The first-order chi connectivity index (χ1) is 13.8. The first-order valence-electron chi connectivity index (χ1n) is 8.78. The topological polar surface area (TPSA) is 77.4 Å². The zero-order valence-electron chi connectivity index (χ0n) is 15.8. The van der Waals surface area contributed by atoms with Gasteiger partial charge < -0.3 is 14.6 Å². The number of carbonyl (C=O) groups excluding carboxylic acids is 3. The van der Waals surface area contributed by atoms with Crippen LogP contribution in [0.25, 0.3) is 0 Å². The molecule has 0 saturated heterocycles. The van der Waals surface area contributed by atoms with Gasteiger partial charge in [0.15, 0.2) is 12.4 Å². The number of Topliss-reactive ketones (excluding diaryl/α,β-unsaturated/α-hetero) is 1. The van der Waals surface area contributed by atoms with Crippen LogP contribution in [0.5, 0.6) is 0 Å². The molecule has 0 unspecified atom stereocenters. The Hall–Kier alpha value is -3.26. The average Bonchev–Trinajstić information content (AvgIpc) is 3.35. The highest BCUT2D eigenvalue weighted by Gasteiger charge is 2.20. The van der Waals surface area contributed by atoms with E-state index < -0.39 is 24.5 Å². The number of nitrogens with one attached hydrogen (secondary N) is 1. The number of halogens is 1. The Morgan fingerprint density at radius 3 is 2.52 bits per heavy atom. The molecule has 0 spiro atoms. The van der Waals surface area contributed by atoms with Gasteiger partial charge in [-0.05, 0) is 42.1 Å². The number of ketones is 1. The van der Waals surface area contributed by atoms with Gasteiger partial charge in [-0.25, -0.2) is 9.18 Å². The Bertz CT molecular complexity index is 1030. The molecule has 2 aromatic heterocycles. The Labute approximate surface area is 170 Å². The van der Waals surface area contributed by atoms with E-state index in [1.54, 1.807) is 19.2 Å². The van der Waals surface area contributed by atoms with Crippen molar-refractivity contribution in [1.82, 2.24) is 9.88 Å². The molecule has 1 N–H and O–H groups in total. The maximum absolute atomic E-state index is 13.2. The molecule has 0 aliphatic carbocycles. The number of hydrogen-bond acceptors (Lipinski definition) is 5. The van der Waals surface area contributed by atoms with E-state index in [9.17, 15) is 18.8 Å². The highest BCUT2D eigenvalue weighted by atomic mass is 32.1. The summed E-state index contributed by atoms with van der Waals surface area (Å²) in [4.78, 5) is 37.0. The third-order valence-electron chi connectivity index (χ3n) is 4.29. The molecule has 8 heteroatoms. The monoisotopic (exact) mass is 414 g/mol. The van der Waals surface area contributed by atoms with Crippen LogP contribution >= 0.6 is 11.3 Å². The summed E-state index contributed by atoms with van der Waals surface area (Å²) in [6.45, 7) is 0.917. The molecule has 1 atom stereocenters. The molecule has 0 radical (unpaired) electrons. The minimum absolute atomic E-state index is 0.171. The van der Waals surface area contributed by atoms with E-state index in [2.05, 4.69) is 5.32 Å². The molecule has 0 aliphatic rings. The van der Waals surface area contributed by atoms with Crippen molar-refractivity contribution in [3.05, 3.63) is 81.6 Å². The summed E-state index contributed by atoms with van der Waals surface area (Å²) in [7, 11) is 1.62. The van der Waals surface area contributed by atoms with Gasteiger partial charge in [-0.3, -0.25) is 9.59 Å². The third kappa shape index (κ3) is 4.97. The van der Waals surface area contributed by atoms with Gasteiger partial charge in [-0.2, -0.15) is 0 Å². The Morgan fingerprint density at radius 2 is 1.93 bits per heavy atom. The number of nitrogens with zero attached hydrogens (tertiary/aromatic N) is 1. The van der Waals surface area contributed by atoms with Crippen LogP contribution in [0, 0.1) is 5.82 Å². The van der Waals surface area contributed by atoms with Crippen molar-refractivity contribution in [3.8, 4) is 0 Å². The van der Waals surface area contributed by atoms with E-state index in [-0.39, 0.29) is 17.3 Å². The summed E-state index contributed by atoms with van der Waals surface area (Å²) < 4.78 is 19.8. The first kappa shape index (κ1) is 20.5. The summed E-state index contributed by atoms with van der Waals surface area (Å²) in [5.41, 5.74) is 1.27. The number of esters is 1. The van der Waals surface area contributed by atoms with Gasteiger partial charge in [-0.1, -0.05) is 18.2 Å². The van der Waals surface area contributed by atoms with Gasteiger partial charge in [-0.15, -0.1) is 11.3 Å². The van der Waals surface area contributed by atoms with E-state index in [0.29, 0.717) is 11.1 Å². The van der Waals surface area contributed by atoms with Crippen LogP contribution in [0.4, 0.5) is 4.39 Å². The summed E-state index contributed by atoms with van der Waals surface area (Å²) >= 11 is 1.45. The van der Waals surface area contributed by atoms with Crippen LogP contribution in [0.1, 0.15) is 44.3 Å². The molecule has 0 saturated carbocycles. The highest BCUT2D eigenvalue weighted by molar-refractivity contribution is 7.10. The maximum Gasteiger partial charge on any atom is 0.355 e. The average molecular weight is 414 g/mol. The van der Waals surface area contributed by atoms with E-state index in [0.717, 1.165) is 4.88 Å². The molecule has 6 nitrogen and oxygen atoms in total. The number of benzene rings is 1. The lowest BCUT2D eigenvalue weighted by Gasteiger charge is -2.18. The number of carbonyl (C=O) groups is 3. The SMILES string of the molecule is CC(=O)c1cc(C(=O)OCC(=O)N[C@@H](c2ccc(F)cc2)c2cccs2)n(C)c1. The lowest BCUT2D eigenvalue weighted by atomic mass is 10.1. The van der Waals surface area contributed by atoms with Gasteiger partial charge in [0.05, 0.1) is 6.04 Å². The quantitative estimate of drug-likeness (QED) is 0.474. The lowest BCUT2D eigenvalue weighted by molar-refractivity contribution is -0.124. The molecule has 2 heterocycles. The first-order valence-corrected chi connectivity index (χ1v) is 9.65. The molecule has 0 aliphatic heterocycles. The molecule has 150 valence electrons. The maximum atomic E-state index is 13.2. The molecule has 0 fully saturated rings. The van der Waals surface area contributed by atoms with E-state index >= 15 is 0 Å². The van der Waals surface area contributed by atoms with Gasteiger partial charge in [0.25, 0.3) is 5.91 Å². The zero-order valence-corrected chi connectivity index (χ0v) is 16.7. The fourth-order valence-corrected chi connectivity index (χ4v) is 3.60.